The molecule has 1 heterocycles. The third-order valence-corrected chi connectivity index (χ3v) is 3.74. The summed E-state index contributed by atoms with van der Waals surface area (Å²) in [6, 6.07) is 0.394. The van der Waals surface area contributed by atoms with E-state index in [0.717, 1.165) is 38.8 Å². The maximum absolute atomic E-state index is 5.94. The largest absolute Gasteiger partial charge is 0.376 e. The average molecular weight is 251 g/mol. The third-order valence-electron chi connectivity index (χ3n) is 3.74. The van der Waals surface area contributed by atoms with Crippen LogP contribution < -0.4 is 5.73 Å². The highest BCUT2D eigenvalue weighted by Gasteiger charge is 2.18. The van der Waals surface area contributed by atoms with E-state index in [1.54, 1.807) is 0 Å². The number of hydrogen-bond donors (Lipinski definition) is 1. The van der Waals surface area contributed by atoms with Crippen LogP contribution in [0.2, 0.25) is 0 Å². The van der Waals surface area contributed by atoms with Crippen LogP contribution in [0.4, 0.5) is 0 Å². The minimum absolute atomic E-state index is 0.394. The summed E-state index contributed by atoms with van der Waals surface area (Å²) in [7, 11) is 0. The second-order valence-electron chi connectivity index (χ2n) is 5.57. The predicted molar refractivity (Wildman–Crippen MR) is 72.5 cm³/mol. The number of nitrogens with zero attached hydrogens (tertiary/aromatic N) is 2. The van der Waals surface area contributed by atoms with E-state index in [1.165, 1.54) is 5.69 Å². The molecule has 1 aromatic rings. The van der Waals surface area contributed by atoms with Crippen LogP contribution in [-0.4, -0.2) is 28.3 Å². The first kappa shape index (κ1) is 13.6. The van der Waals surface area contributed by atoms with Gasteiger partial charge in [-0.2, -0.15) is 0 Å². The van der Waals surface area contributed by atoms with E-state index < -0.39 is 0 Å². The van der Waals surface area contributed by atoms with Gasteiger partial charge in [0.05, 0.1) is 19.0 Å². The molecule has 2 rings (SSSR count). The lowest BCUT2D eigenvalue weighted by Crippen LogP contribution is -2.30. The van der Waals surface area contributed by atoms with Crippen molar-refractivity contribution in [2.24, 2.45) is 5.73 Å². The topological polar surface area (TPSA) is 53.1 Å². The smallest absolute Gasteiger partial charge is 0.0949 e. The zero-order chi connectivity index (χ0) is 13.0. The average Bonchev–Trinajstić information content (AvgIpc) is 2.80. The molecule has 1 fully saturated rings. The summed E-state index contributed by atoms with van der Waals surface area (Å²) >= 11 is 0. The van der Waals surface area contributed by atoms with Gasteiger partial charge in [0.25, 0.3) is 0 Å². The Morgan fingerprint density at radius 3 is 2.78 bits per heavy atom. The molecule has 2 N–H and O–H groups in total. The molecule has 0 aromatic carbocycles. The van der Waals surface area contributed by atoms with Crippen LogP contribution in [0.5, 0.6) is 0 Å². The molecule has 0 bridgehead atoms. The zero-order valence-corrected chi connectivity index (χ0v) is 11.5. The molecule has 0 spiro atoms. The van der Waals surface area contributed by atoms with E-state index in [0.29, 0.717) is 18.1 Å². The van der Waals surface area contributed by atoms with Crippen LogP contribution in [0.15, 0.2) is 12.5 Å². The summed E-state index contributed by atoms with van der Waals surface area (Å²) < 4.78 is 8.13. The molecule has 0 aliphatic heterocycles. The Balaban J connectivity index is 1.73. The fourth-order valence-corrected chi connectivity index (χ4v) is 2.57. The SMILES string of the molecule is CC(C)c1cncn1CCOC1CCC(N)CC1. The van der Waals surface area contributed by atoms with E-state index >= 15 is 0 Å². The molecule has 102 valence electrons. The van der Waals surface area contributed by atoms with Gasteiger partial charge in [-0.3, -0.25) is 0 Å². The monoisotopic (exact) mass is 251 g/mol. The van der Waals surface area contributed by atoms with Gasteiger partial charge in [-0.15, -0.1) is 0 Å². The van der Waals surface area contributed by atoms with E-state index in [4.69, 9.17) is 10.5 Å². The molecule has 1 aliphatic rings. The summed E-state index contributed by atoms with van der Waals surface area (Å²) in [5.74, 6) is 0.514. The summed E-state index contributed by atoms with van der Waals surface area (Å²) in [6.07, 6.45) is 8.69. The molecule has 0 radical (unpaired) electrons. The Hall–Kier alpha value is -0.870. The number of imidazole rings is 1. The van der Waals surface area contributed by atoms with E-state index in [1.807, 2.05) is 12.5 Å². The highest BCUT2D eigenvalue weighted by molar-refractivity contribution is 5.03. The second-order valence-corrected chi connectivity index (χ2v) is 5.57. The van der Waals surface area contributed by atoms with Gasteiger partial charge >= 0.3 is 0 Å². The van der Waals surface area contributed by atoms with Crippen LogP contribution >= 0.6 is 0 Å². The van der Waals surface area contributed by atoms with Gasteiger partial charge in [0.2, 0.25) is 0 Å². The molecule has 1 aliphatic carbocycles. The predicted octanol–water partition coefficient (Wildman–Crippen LogP) is 2.29. The number of ether oxygens (including phenoxy) is 1. The Morgan fingerprint density at radius 2 is 2.11 bits per heavy atom. The molecule has 18 heavy (non-hydrogen) atoms. The first-order valence-electron chi connectivity index (χ1n) is 7.04. The number of nitrogens with two attached hydrogens (primary N) is 1. The summed E-state index contributed by atoms with van der Waals surface area (Å²) in [5, 5.41) is 0. The fraction of sp³-hybridized carbons (Fsp3) is 0.786. The summed E-state index contributed by atoms with van der Waals surface area (Å²) in [6.45, 7) is 6.06. The van der Waals surface area contributed by atoms with Crippen LogP contribution in [0, 0.1) is 0 Å². The van der Waals surface area contributed by atoms with Crippen molar-refractivity contribution in [2.45, 2.75) is 64.1 Å². The Kier molecular flexibility index (Phi) is 4.78. The summed E-state index contributed by atoms with van der Waals surface area (Å²) in [4.78, 5) is 4.21. The van der Waals surface area contributed by atoms with Gasteiger partial charge in [0, 0.05) is 24.5 Å². The fourth-order valence-electron chi connectivity index (χ4n) is 2.57. The van der Waals surface area contributed by atoms with E-state index in [-0.39, 0.29) is 0 Å². The lowest BCUT2D eigenvalue weighted by atomic mass is 9.94. The molecule has 4 nitrogen and oxygen atoms in total. The molecular formula is C14H25N3O. The van der Waals surface area contributed by atoms with Crippen LogP contribution in [0.3, 0.4) is 0 Å². The first-order valence-corrected chi connectivity index (χ1v) is 7.04. The molecule has 1 aromatic heterocycles. The van der Waals surface area contributed by atoms with Crippen LogP contribution in [0.25, 0.3) is 0 Å². The normalized spacial score (nSPS) is 24.7. The van der Waals surface area contributed by atoms with Crippen molar-refractivity contribution < 1.29 is 4.74 Å². The standard InChI is InChI=1S/C14H25N3O/c1-11(2)14-9-16-10-17(14)7-8-18-13-5-3-12(15)4-6-13/h9-13H,3-8,15H2,1-2H3. The van der Waals surface area contributed by atoms with Gasteiger partial charge in [-0.05, 0) is 31.6 Å². The summed E-state index contributed by atoms with van der Waals surface area (Å²) in [5.41, 5.74) is 7.17. The maximum Gasteiger partial charge on any atom is 0.0949 e. The minimum atomic E-state index is 0.394. The van der Waals surface area contributed by atoms with Crippen LogP contribution in [0.1, 0.15) is 51.1 Å². The third kappa shape index (κ3) is 3.56. The molecule has 4 heteroatoms. The van der Waals surface area contributed by atoms with E-state index in [9.17, 15) is 0 Å². The maximum atomic E-state index is 5.94. The van der Waals surface area contributed by atoms with Gasteiger partial charge in [0.15, 0.2) is 0 Å². The van der Waals surface area contributed by atoms with Gasteiger partial charge in [0.1, 0.15) is 0 Å². The van der Waals surface area contributed by atoms with Crippen LogP contribution in [-0.2, 0) is 11.3 Å². The quantitative estimate of drug-likeness (QED) is 0.873. The van der Waals surface area contributed by atoms with Crippen molar-refractivity contribution in [1.82, 2.24) is 9.55 Å². The molecule has 1 saturated carbocycles. The zero-order valence-electron chi connectivity index (χ0n) is 11.5. The molecule has 0 atom stereocenters. The Labute approximate surface area is 110 Å². The van der Waals surface area contributed by atoms with Crippen molar-refractivity contribution in [1.29, 1.82) is 0 Å². The highest BCUT2D eigenvalue weighted by atomic mass is 16.5. The van der Waals surface area contributed by atoms with Crippen molar-refractivity contribution in [3.05, 3.63) is 18.2 Å². The number of hydrogen-bond acceptors (Lipinski definition) is 3. The van der Waals surface area contributed by atoms with Gasteiger partial charge in [-0.25, -0.2) is 4.98 Å². The molecule has 0 saturated heterocycles. The lowest BCUT2D eigenvalue weighted by Gasteiger charge is -2.26. The minimum Gasteiger partial charge on any atom is -0.376 e. The highest BCUT2D eigenvalue weighted by Crippen LogP contribution is 2.20. The molecule has 0 unspecified atom stereocenters. The van der Waals surface area contributed by atoms with Crippen molar-refractivity contribution in [3.63, 3.8) is 0 Å². The Bertz CT molecular complexity index is 354. The Morgan fingerprint density at radius 1 is 1.39 bits per heavy atom. The number of rotatable bonds is 5. The first-order chi connectivity index (χ1) is 8.66. The van der Waals surface area contributed by atoms with E-state index in [2.05, 4.69) is 23.4 Å². The lowest BCUT2D eigenvalue weighted by molar-refractivity contribution is 0.0206. The second kappa shape index (κ2) is 6.34. The van der Waals surface area contributed by atoms with Crippen molar-refractivity contribution in [2.75, 3.05) is 6.61 Å². The van der Waals surface area contributed by atoms with Crippen molar-refractivity contribution >= 4 is 0 Å². The molecule has 0 amide bonds. The molecular weight excluding hydrogens is 226 g/mol. The van der Waals surface area contributed by atoms with Gasteiger partial charge < -0.3 is 15.0 Å². The number of aromatic nitrogens is 2. The van der Waals surface area contributed by atoms with Crippen molar-refractivity contribution in [3.8, 4) is 0 Å². The van der Waals surface area contributed by atoms with Gasteiger partial charge in [-0.1, -0.05) is 13.8 Å².